The van der Waals surface area contributed by atoms with Gasteiger partial charge in [-0.1, -0.05) is 30.3 Å². The number of nitrogens with zero attached hydrogens (tertiary/aromatic N) is 4. The molecule has 1 N–H and O–H groups in total. The van der Waals surface area contributed by atoms with Crippen LogP contribution in [0.1, 0.15) is 24.3 Å². The van der Waals surface area contributed by atoms with E-state index in [-0.39, 0.29) is 16.8 Å². The van der Waals surface area contributed by atoms with Crippen LogP contribution in [-0.2, 0) is 17.8 Å². The summed E-state index contributed by atoms with van der Waals surface area (Å²) in [4.78, 5) is 17.5. The maximum atomic E-state index is 12.2. The first-order valence-corrected chi connectivity index (χ1v) is 10.8. The van der Waals surface area contributed by atoms with Crippen molar-refractivity contribution in [3.8, 4) is 11.4 Å². The van der Waals surface area contributed by atoms with Gasteiger partial charge >= 0.3 is 0 Å². The van der Waals surface area contributed by atoms with Crippen LogP contribution in [0.4, 0.5) is 5.69 Å². The van der Waals surface area contributed by atoms with Crippen molar-refractivity contribution in [1.82, 2.24) is 19.7 Å². The number of thioether (sulfide) groups is 1. The number of hydrogen-bond donors (Lipinski definition) is 1. The lowest BCUT2D eigenvalue weighted by molar-refractivity contribution is -0.113. The summed E-state index contributed by atoms with van der Waals surface area (Å²) in [5, 5.41) is 14.6. The standard InChI is InChI=1S/C18H20ClN5OS2/c1-4-12-11(3)26-9-13(12)17-22-23-18(24(17)5-2)27-10-15(25)21-14-7-6-8-20-16(14)19/h6-9H,4-5,10H2,1-3H3,(H,21,25). The summed E-state index contributed by atoms with van der Waals surface area (Å²) in [7, 11) is 0. The molecule has 3 rings (SSSR count). The molecule has 0 bridgehead atoms. The van der Waals surface area contributed by atoms with Gasteiger partial charge in [0.15, 0.2) is 16.1 Å². The molecule has 3 heterocycles. The minimum absolute atomic E-state index is 0.164. The highest BCUT2D eigenvalue weighted by Gasteiger charge is 2.18. The molecular weight excluding hydrogens is 402 g/mol. The normalized spacial score (nSPS) is 11.0. The van der Waals surface area contributed by atoms with E-state index in [2.05, 4.69) is 51.2 Å². The second kappa shape index (κ2) is 8.86. The third-order valence-corrected chi connectivity index (χ3v) is 6.32. The Balaban J connectivity index is 1.73. The number of halogens is 1. The average molecular weight is 422 g/mol. The molecule has 0 aliphatic carbocycles. The van der Waals surface area contributed by atoms with Gasteiger partial charge < -0.3 is 9.88 Å². The molecule has 0 unspecified atom stereocenters. The Hall–Kier alpha value is -1.90. The van der Waals surface area contributed by atoms with Gasteiger partial charge in [-0.25, -0.2) is 4.98 Å². The lowest BCUT2D eigenvalue weighted by Crippen LogP contribution is -2.15. The molecule has 0 fully saturated rings. The summed E-state index contributed by atoms with van der Waals surface area (Å²) >= 11 is 9.06. The van der Waals surface area contributed by atoms with Gasteiger partial charge in [-0.15, -0.1) is 21.5 Å². The van der Waals surface area contributed by atoms with E-state index in [1.165, 1.54) is 22.2 Å². The number of anilines is 1. The van der Waals surface area contributed by atoms with Gasteiger partial charge in [0.05, 0.1) is 11.4 Å². The number of amides is 1. The Morgan fingerprint density at radius 2 is 2.19 bits per heavy atom. The molecule has 6 nitrogen and oxygen atoms in total. The van der Waals surface area contributed by atoms with E-state index in [0.717, 1.165) is 29.5 Å². The summed E-state index contributed by atoms with van der Waals surface area (Å²) in [5.74, 6) is 0.909. The van der Waals surface area contributed by atoms with E-state index in [9.17, 15) is 4.79 Å². The van der Waals surface area contributed by atoms with Crippen LogP contribution in [0.15, 0.2) is 28.9 Å². The van der Waals surface area contributed by atoms with Gasteiger partial charge in [-0.05, 0) is 38.0 Å². The van der Waals surface area contributed by atoms with Crippen molar-refractivity contribution in [1.29, 1.82) is 0 Å². The molecule has 9 heteroatoms. The number of carbonyl (C=O) groups is 1. The first-order valence-electron chi connectivity index (χ1n) is 8.58. The zero-order chi connectivity index (χ0) is 19.4. The highest BCUT2D eigenvalue weighted by molar-refractivity contribution is 7.99. The second-order valence-electron chi connectivity index (χ2n) is 5.77. The topological polar surface area (TPSA) is 72.7 Å². The number of hydrogen-bond acceptors (Lipinski definition) is 6. The first-order chi connectivity index (χ1) is 13.0. The van der Waals surface area contributed by atoms with Crippen molar-refractivity contribution < 1.29 is 4.79 Å². The Labute approximate surface area is 171 Å². The molecule has 0 atom stereocenters. The molecule has 0 aliphatic heterocycles. The predicted molar refractivity (Wildman–Crippen MR) is 112 cm³/mol. The highest BCUT2D eigenvalue weighted by atomic mass is 35.5. The summed E-state index contributed by atoms with van der Waals surface area (Å²) in [6, 6.07) is 3.44. The molecule has 27 heavy (non-hydrogen) atoms. The van der Waals surface area contributed by atoms with Gasteiger partial charge in [0, 0.05) is 28.6 Å². The number of rotatable bonds is 7. The molecule has 0 spiro atoms. The van der Waals surface area contributed by atoms with Crippen LogP contribution in [0.25, 0.3) is 11.4 Å². The molecule has 3 aromatic heterocycles. The molecule has 0 aromatic carbocycles. The van der Waals surface area contributed by atoms with Gasteiger partial charge in [0.1, 0.15) is 0 Å². The lowest BCUT2D eigenvalue weighted by atomic mass is 10.1. The Bertz CT molecular complexity index is 953. The third kappa shape index (κ3) is 4.34. The molecule has 0 aliphatic rings. The Kier molecular flexibility index (Phi) is 6.51. The number of pyridine rings is 1. The van der Waals surface area contributed by atoms with Crippen LogP contribution in [-0.4, -0.2) is 31.4 Å². The van der Waals surface area contributed by atoms with Crippen LogP contribution in [0.5, 0.6) is 0 Å². The summed E-state index contributed by atoms with van der Waals surface area (Å²) in [6.45, 7) is 7.06. The fourth-order valence-corrected chi connectivity index (χ4v) is 4.69. The van der Waals surface area contributed by atoms with Gasteiger partial charge in [0.2, 0.25) is 5.91 Å². The van der Waals surface area contributed by atoms with Crippen LogP contribution in [0, 0.1) is 6.92 Å². The number of thiophene rings is 1. The van der Waals surface area contributed by atoms with Crippen molar-refractivity contribution >= 4 is 46.3 Å². The molecule has 0 radical (unpaired) electrons. The minimum atomic E-state index is -0.164. The largest absolute Gasteiger partial charge is 0.323 e. The number of nitrogens with one attached hydrogen (secondary N) is 1. The van der Waals surface area contributed by atoms with E-state index >= 15 is 0 Å². The van der Waals surface area contributed by atoms with E-state index < -0.39 is 0 Å². The van der Waals surface area contributed by atoms with Crippen molar-refractivity contribution in [2.24, 2.45) is 0 Å². The monoisotopic (exact) mass is 421 g/mol. The number of aromatic nitrogens is 4. The molecule has 3 aromatic rings. The fourth-order valence-electron chi connectivity index (χ4n) is 2.78. The molecule has 142 valence electrons. The van der Waals surface area contributed by atoms with Gasteiger partial charge in [-0.2, -0.15) is 0 Å². The van der Waals surface area contributed by atoms with Crippen LogP contribution in [0.2, 0.25) is 5.15 Å². The summed E-state index contributed by atoms with van der Waals surface area (Å²) < 4.78 is 2.05. The van der Waals surface area contributed by atoms with Crippen molar-refractivity contribution in [2.75, 3.05) is 11.1 Å². The van der Waals surface area contributed by atoms with E-state index in [1.54, 1.807) is 29.7 Å². The quantitative estimate of drug-likeness (QED) is 0.443. The highest BCUT2D eigenvalue weighted by Crippen LogP contribution is 2.32. The molecular formula is C18H20ClN5OS2. The summed E-state index contributed by atoms with van der Waals surface area (Å²) in [5.41, 5.74) is 2.94. The maximum Gasteiger partial charge on any atom is 0.234 e. The van der Waals surface area contributed by atoms with Crippen molar-refractivity contribution in [3.63, 3.8) is 0 Å². The SMILES string of the molecule is CCc1c(-c2nnc(SCC(=O)Nc3cccnc3Cl)n2CC)csc1C. The number of aryl methyl sites for hydroxylation is 1. The van der Waals surface area contributed by atoms with Crippen molar-refractivity contribution in [2.45, 2.75) is 38.9 Å². The second-order valence-corrected chi connectivity index (χ2v) is 8.15. The predicted octanol–water partition coefficient (Wildman–Crippen LogP) is 4.68. The van der Waals surface area contributed by atoms with Crippen LogP contribution in [0.3, 0.4) is 0 Å². The van der Waals surface area contributed by atoms with Gasteiger partial charge in [0.25, 0.3) is 0 Å². The van der Waals surface area contributed by atoms with E-state index in [0.29, 0.717) is 5.69 Å². The third-order valence-electron chi connectivity index (χ3n) is 4.10. The average Bonchev–Trinajstić information content (AvgIpc) is 3.24. The maximum absolute atomic E-state index is 12.2. The molecule has 0 saturated heterocycles. The number of carbonyl (C=O) groups excluding carboxylic acids is 1. The van der Waals surface area contributed by atoms with Crippen molar-refractivity contribution in [3.05, 3.63) is 39.3 Å². The van der Waals surface area contributed by atoms with E-state index in [1.807, 2.05) is 0 Å². The van der Waals surface area contributed by atoms with Crippen LogP contribution >= 0.6 is 34.7 Å². The zero-order valence-corrected chi connectivity index (χ0v) is 17.7. The fraction of sp³-hybridized carbons (Fsp3) is 0.333. The lowest BCUT2D eigenvalue weighted by Gasteiger charge is -2.09. The molecule has 1 amide bonds. The first kappa shape index (κ1) is 19.9. The zero-order valence-electron chi connectivity index (χ0n) is 15.3. The summed E-state index contributed by atoms with van der Waals surface area (Å²) in [6.07, 6.45) is 2.53. The smallest absolute Gasteiger partial charge is 0.234 e. The van der Waals surface area contributed by atoms with Gasteiger partial charge in [-0.3, -0.25) is 4.79 Å². The van der Waals surface area contributed by atoms with Crippen LogP contribution < -0.4 is 5.32 Å². The van der Waals surface area contributed by atoms with E-state index in [4.69, 9.17) is 11.6 Å². The molecule has 0 saturated carbocycles. The Morgan fingerprint density at radius 1 is 1.37 bits per heavy atom. The Morgan fingerprint density at radius 3 is 2.89 bits per heavy atom. The minimum Gasteiger partial charge on any atom is -0.323 e.